The van der Waals surface area contributed by atoms with E-state index in [0.717, 1.165) is 36.6 Å². The molecule has 0 aliphatic heterocycles. The van der Waals surface area contributed by atoms with Gasteiger partial charge in [-0.1, -0.05) is 57.2 Å². The minimum absolute atomic E-state index is 0.204. The zero-order valence-electron chi connectivity index (χ0n) is 19.6. The van der Waals surface area contributed by atoms with Crippen molar-refractivity contribution in [3.8, 4) is 5.88 Å². The van der Waals surface area contributed by atoms with Crippen molar-refractivity contribution in [2.24, 2.45) is 5.41 Å². The predicted octanol–water partition coefficient (Wildman–Crippen LogP) is 5.99. The topological polar surface area (TPSA) is 44.2 Å². The van der Waals surface area contributed by atoms with Crippen LogP contribution in [0.2, 0.25) is 13.1 Å². The Morgan fingerprint density at radius 3 is 2.26 bits per heavy atom. The minimum Gasteiger partial charge on any atom is -0.477 e. The van der Waals surface area contributed by atoms with Crippen LogP contribution >= 0.6 is 0 Å². The Hall–Kier alpha value is -2.24. The van der Waals surface area contributed by atoms with E-state index < -0.39 is 9.04 Å². The highest BCUT2D eigenvalue weighted by atomic mass is 28.3. The Kier molecular flexibility index (Phi) is 8.21. The Labute approximate surface area is 188 Å². The maximum absolute atomic E-state index is 6.30. The zero-order chi connectivity index (χ0) is 22.3. The monoisotopic (exact) mass is 436 g/mol. The average Bonchev–Trinajstić information content (AvgIpc) is 2.73. The third kappa shape index (κ3) is 7.15. The molecule has 0 spiro atoms. The summed E-state index contributed by atoms with van der Waals surface area (Å²) in [5, 5.41) is 0.957. The molecule has 1 atom stereocenters. The quantitative estimate of drug-likeness (QED) is 0.366. The third-order valence-electron chi connectivity index (χ3n) is 5.49. The van der Waals surface area contributed by atoms with Crippen molar-refractivity contribution < 1.29 is 9.16 Å². The molecule has 166 valence electrons. The smallest absolute Gasteiger partial charge is 0.224 e. The molecule has 0 radical (unpaired) electrons. The van der Waals surface area contributed by atoms with Crippen LogP contribution < -0.4 is 4.74 Å². The number of hydrogen-bond donors (Lipinski definition) is 0. The highest BCUT2D eigenvalue weighted by Gasteiger charge is 2.25. The predicted molar refractivity (Wildman–Crippen MR) is 131 cm³/mol. The van der Waals surface area contributed by atoms with Crippen LogP contribution in [0.5, 0.6) is 5.88 Å². The summed E-state index contributed by atoms with van der Waals surface area (Å²) in [6.07, 6.45) is 6.15. The number of benzene rings is 2. The molecule has 1 aromatic heterocycles. The van der Waals surface area contributed by atoms with Crippen LogP contribution in [0.3, 0.4) is 0 Å². The SMILES string of the molecule is C[SiH](C)OC(CCCc1ccc(CCOc2ncnc3ccccc23)cc1)C(C)(C)C. The van der Waals surface area contributed by atoms with E-state index in [-0.39, 0.29) is 5.41 Å². The van der Waals surface area contributed by atoms with E-state index in [0.29, 0.717) is 18.6 Å². The van der Waals surface area contributed by atoms with Gasteiger partial charge in [0.15, 0.2) is 9.04 Å². The summed E-state index contributed by atoms with van der Waals surface area (Å²) >= 11 is 0. The summed E-state index contributed by atoms with van der Waals surface area (Å²) in [6.45, 7) is 12.0. The molecule has 0 bridgehead atoms. The maximum atomic E-state index is 6.30. The third-order valence-corrected chi connectivity index (χ3v) is 6.37. The fourth-order valence-corrected chi connectivity index (χ4v) is 4.96. The Bertz CT molecular complexity index is 946. The number of nitrogens with zero attached hydrogens (tertiary/aromatic N) is 2. The van der Waals surface area contributed by atoms with E-state index in [4.69, 9.17) is 9.16 Å². The van der Waals surface area contributed by atoms with Crippen molar-refractivity contribution in [2.45, 2.75) is 65.7 Å². The first-order valence-corrected chi connectivity index (χ1v) is 14.2. The van der Waals surface area contributed by atoms with Crippen molar-refractivity contribution in [1.29, 1.82) is 0 Å². The van der Waals surface area contributed by atoms with Gasteiger partial charge in [0.05, 0.1) is 17.5 Å². The van der Waals surface area contributed by atoms with E-state index in [9.17, 15) is 0 Å². The second kappa shape index (κ2) is 10.9. The van der Waals surface area contributed by atoms with Gasteiger partial charge in [-0.3, -0.25) is 0 Å². The summed E-state index contributed by atoms with van der Waals surface area (Å²) in [5.41, 5.74) is 3.78. The van der Waals surface area contributed by atoms with E-state index in [1.165, 1.54) is 11.1 Å². The number of aryl methyl sites for hydroxylation is 1. The molecule has 5 heteroatoms. The van der Waals surface area contributed by atoms with Gasteiger partial charge in [0.1, 0.15) is 6.33 Å². The molecule has 1 heterocycles. The molecule has 0 saturated carbocycles. The summed E-state index contributed by atoms with van der Waals surface area (Å²) in [6, 6.07) is 16.9. The Balaban J connectivity index is 1.47. The van der Waals surface area contributed by atoms with Crippen LogP contribution in [-0.2, 0) is 17.3 Å². The zero-order valence-corrected chi connectivity index (χ0v) is 20.8. The lowest BCUT2D eigenvalue weighted by atomic mass is 9.86. The lowest BCUT2D eigenvalue weighted by molar-refractivity contribution is 0.0767. The van der Waals surface area contributed by atoms with Crippen LogP contribution in [-0.4, -0.2) is 31.7 Å². The average molecular weight is 437 g/mol. The summed E-state index contributed by atoms with van der Waals surface area (Å²) in [7, 11) is -1.02. The van der Waals surface area contributed by atoms with Crippen molar-refractivity contribution in [2.75, 3.05) is 6.61 Å². The molecule has 0 aliphatic rings. The standard InChI is InChI=1S/C26H36N2O2Si/c1-26(2,3)24(30-31(4)5)12-8-9-20-13-15-21(16-14-20)17-18-29-25-22-10-6-7-11-23(22)27-19-28-25/h6-7,10-11,13-16,19,24,31H,8-9,12,17-18H2,1-5H3. The highest BCUT2D eigenvalue weighted by molar-refractivity contribution is 6.48. The first kappa shape index (κ1) is 23.4. The van der Waals surface area contributed by atoms with Gasteiger partial charge in [-0.2, -0.15) is 0 Å². The molecular weight excluding hydrogens is 400 g/mol. The minimum atomic E-state index is -1.02. The number of fused-ring (bicyclic) bond motifs is 1. The van der Waals surface area contributed by atoms with Gasteiger partial charge in [0, 0.05) is 12.5 Å². The van der Waals surface area contributed by atoms with E-state index in [2.05, 4.69) is 68.1 Å². The first-order valence-electron chi connectivity index (χ1n) is 11.4. The van der Waals surface area contributed by atoms with E-state index in [1.54, 1.807) is 6.33 Å². The van der Waals surface area contributed by atoms with Crippen LogP contribution in [0.25, 0.3) is 10.9 Å². The van der Waals surface area contributed by atoms with Crippen LogP contribution in [0.4, 0.5) is 0 Å². The molecular formula is C26H36N2O2Si. The summed E-state index contributed by atoms with van der Waals surface area (Å²) in [4.78, 5) is 8.58. The van der Waals surface area contributed by atoms with Gasteiger partial charge < -0.3 is 9.16 Å². The largest absolute Gasteiger partial charge is 0.477 e. The molecule has 4 nitrogen and oxygen atoms in total. The lowest BCUT2D eigenvalue weighted by Crippen LogP contribution is -2.33. The van der Waals surface area contributed by atoms with Gasteiger partial charge in [0.25, 0.3) is 0 Å². The molecule has 31 heavy (non-hydrogen) atoms. The highest BCUT2D eigenvalue weighted by Crippen LogP contribution is 2.27. The number of ether oxygens (including phenoxy) is 1. The van der Waals surface area contributed by atoms with Crippen molar-refractivity contribution in [3.05, 3.63) is 66.0 Å². The normalized spacial score (nSPS) is 13.0. The van der Waals surface area contributed by atoms with Crippen LogP contribution in [0, 0.1) is 5.41 Å². The molecule has 0 saturated heterocycles. The Morgan fingerprint density at radius 2 is 1.58 bits per heavy atom. The van der Waals surface area contributed by atoms with Gasteiger partial charge in [-0.05, 0) is 61.0 Å². The van der Waals surface area contributed by atoms with Crippen LogP contribution in [0.15, 0.2) is 54.9 Å². The molecule has 0 aliphatic carbocycles. The lowest BCUT2D eigenvalue weighted by Gasteiger charge is -2.32. The number of para-hydroxylation sites is 1. The van der Waals surface area contributed by atoms with Gasteiger partial charge >= 0.3 is 0 Å². The van der Waals surface area contributed by atoms with Gasteiger partial charge in [-0.25, -0.2) is 9.97 Å². The maximum Gasteiger partial charge on any atom is 0.224 e. The molecule has 0 N–H and O–H groups in total. The fourth-order valence-electron chi connectivity index (χ4n) is 3.76. The fraction of sp³-hybridized carbons (Fsp3) is 0.462. The summed E-state index contributed by atoms with van der Waals surface area (Å²) < 4.78 is 12.2. The number of rotatable bonds is 10. The number of aromatic nitrogens is 2. The molecule has 1 unspecified atom stereocenters. The van der Waals surface area contributed by atoms with Crippen molar-refractivity contribution in [1.82, 2.24) is 9.97 Å². The molecule has 3 aromatic rings. The molecule has 0 fully saturated rings. The second-order valence-corrected chi connectivity index (χ2v) is 11.9. The molecule has 3 rings (SSSR count). The molecule has 0 amide bonds. The van der Waals surface area contributed by atoms with Gasteiger partial charge in [-0.15, -0.1) is 0 Å². The van der Waals surface area contributed by atoms with Gasteiger partial charge in [0.2, 0.25) is 5.88 Å². The van der Waals surface area contributed by atoms with Crippen LogP contribution in [0.1, 0.15) is 44.7 Å². The summed E-state index contributed by atoms with van der Waals surface area (Å²) in [5.74, 6) is 0.655. The second-order valence-electron chi connectivity index (χ2n) is 9.54. The first-order chi connectivity index (χ1) is 14.8. The van der Waals surface area contributed by atoms with Crippen molar-refractivity contribution in [3.63, 3.8) is 0 Å². The van der Waals surface area contributed by atoms with E-state index in [1.807, 2.05) is 24.3 Å². The molecule has 2 aromatic carbocycles. The number of hydrogen-bond acceptors (Lipinski definition) is 4. The van der Waals surface area contributed by atoms with Crippen molar-refractivity contribution >= 4 is 19.9 Å². The Morgan fingerprint density at radius 1 is 0.903 bits per heavy atom. The van der Waals surface area contributed by atoms with E-state index >= 15 is 0 Å².